The van der Waals surface area contributed by atoms with Crippen molar-refractivity contribution in [2.24, 2.45) is 0 Å². The van der Waals surface area contributed by atoms with Crippen LogP contribution in [0.5, 0.6) is 0 Å². The fourth-order valence-electron chi connectivity index (χ4n) is 4.71. The summed E-state index contributed by atoms with van der Waals surface area (Å²) in [6, 6.07) is 16.8. The Morgan fingerprint density at radius 3 is 2.46 bits per heavy atom. The number of fused-ring (bicyclic) bond motifs is 5. The third kappa shape index (κ3) is 2.22. The van der Waals surface area contributed by atoms with Crippen molar-refractivity contribution in [3.8, 4) is 11.1 Å². The van der Waals surface area contributed by atoms with E-state index < -0.39 is 5.72 Å². The minimum Gasteiger partial charge on any atom is -0.424 e. The molecule has 5 rings (SSSR count). The van der Waals surface area contributed by atoms with Gasteiger partial charge in [0.1, 0.15) is 0 Å². The predicted molar refractivity (Wildman–Crippen MR) is 101 cm³/mol. The molecule has 0 saturated carbocycles. The van der Waals surface area contributed by atoms with Crippen molar-refractivity contribution < 1.29 is 9.53 Å². The van der Waals surface area contributed by atoms with Crippen molar-refractivity contribution in [3.05, 3.63) is 71.8 Å². The largest absolute Gasteiger partial charge is 0.424 e. The van der Waals surface area contributed by atoms with Crippen LogP contribution < -0.4 is 5.32 Å². The molecule has 2 bridgehead atoms. The van der Waals surface area contributed by atoms with Gasteiger partial charge < -0.3 is 10.1 Å². The first-order valence-electron chi connectivity index (χ1n) is 9.26. The highest BCUT2D eigenvalue weighted by atomic mass is 16.6. The Hall–Kier alpha value is -2.59. The molecule has 2 aliphatic heterocycles. The highest BCUT2D eigenvalue weighted by Gasteiger charge is 2.47. The molecule has 0 unspecified atom stereocenters. The monoisotopic (exact) mass is 346 g/mol. The van der Waals surface area contributed by atoms with Gasteiger partial charge in [-0.2, -0.15) is 0 Å². The molecule has 2 heterocycles. The van der Waals surface area contributed by atoms with E-state index in [0.29, 0.717) is 6.04 Å². The van der Waals surface area contributed by atoms with Crippen LogP contribution in [0.4, 0.5) is 4.79 Å². The summed E-state index contributed by atoms with van der Waals surface area (Å²) in [7, 11) is 2.05. The predicted octanol–water partition coefficient (Wildman–Crippen LogP) is 4.23. The highest BCUT2D eigenvalue weighted by molar-refractivity contribution is 5.81. The molecule has 1 saturated heterocycles. The maximum atomic E-state index is 12.8. The number of amides is 1. The lowest BCUT2D eigenvalue weighted by atomic mass is 10.1. The Morgan fingerprint density at radius 2 is 1.77 bits per heavy atom. The summed E-state index contributed by atoms with van der Waals surface area (Å²) in [5, 5.41) is 3.12. The first-order chi connectivity index (χ1) is 12.7. The molecule has 132 valence electrons. The van der Waals surface area contributed by atoms with E-state index in [1.807, 2.05) is 30.3 Å². The molecule has 1 amide bonds. The smallest absolute Gasteiger partial charge is 0.409 e. The molecule has 2 atom stereocenters. The Morgan fingerprint density at radius 1 is 1.12 bits per heavy atom. The van der Waals surface area contributed by atoms with Gasteiger partial charge in [0.2, 0.25) is 0 Å². The third-order valence-corrected chi connectivity index (χ3v) is 6.13. The number of alkyl carbamates (subject to hydrolysis) is 1. The average molecular weight is 346 g/mol. The van der Waals surface area contributed by atoms with E-state index in [2.05, 4.69) is 47.6 Å². The molecule has 2 aromatic rings. The zero-order chi connectivity index (χ0) is 17.7. The van der Waals surface area contributed by atoms with Gasteiger partial charge in [-0.1, -0.05) is 54.6 Å². The maximum absolute atomic E-state index is 12.8. The van der Waals surface area contributed by atoms with Crippen LogP contribution in [0.25, 0.3) is 11.1 Å². The zero-order valence-electron chi connectivity index (χ0n) is 14.8. The quantitative estimate of drug-likeness (QED) is 0.827. The van der Waals surface area contributed by atoms with Gasteiger partial charge in [-0.3, -0.25) is 4.90 Å². The number of hydrogen-bond donors (Lipinski definition) is 1. The number of nitrogens with zero attached hydrogens (tertiary/aromatic N) is 1. The number of nitrogens with one attached hydrogen (secondary N) is 1. The van der Waals surface area contributed by atoms with Crippen LogP contribution in [0.2, 0.25) is 0 Å². The topological polar surface area (TPSA) is 41.6 Å². The standard InChI is InChI=1S/C22H22N2O2/c1-24-15-7-6-13-22(24,14-12-15)26-21(25)23-20-18-10-4-2-8-16(18)17-9-3-5-11-19(17)20/h2-6,8-11,13,15,20H,7,12,14H2,1H3,(H,23,25)/t15-,22-/m1/s1. The molecule has 0 radical (unpaired) electrons. The molecule has 26 heavy (non-hydrogen) atoms. The fraction of sp³-hybridized carbons (Fsp3) is 0.318. The fourth-order valence-corrected chi connectivity index (χ4v) is 4.71. The van der Waals surface area contributed by atoms with Gasteiger partial charge >= 0.3 is 6.09 Å². The van der Waals surface area contributed by atoms with Crippen molar-refractivity contribution in [1.29, 1.82) is 0 Å². The van der Waals surface area contributed by atoms with Crippen molar-refractivity contribution in [3.63, 3.8) is 0 Å². The second kappa shape index (κ2) is 5.71. The zero-order valence-corrected chi connectivity index (χ0v) is 14.8. The molecular weight excluding hydrogens is 324 g/mol. The minimum absolute atomic E-state index is 0.165. The van der Waals surface area contributed by atoms with E-state index in [9.17, 15) is 4.79 Å². The summed E-state index contributed by atoms with van der Waals surface area (Å²) in [5.74, 6) is 0. The van der Waals surface area contributed by atoms with Gasteiger partial charge in [0.25, 0.3) is 0 Å². The van der Waals surface area contributed by atoms with Crippen molar-refractivity contribution >= 4 is 6.09 Å². The molecule has 4 heteroatoms. The van der Waals surface area contributed by atoms with Gasteiger partial charge in [-0.25, -0.2) is 4.79 Å². The molecule has 4 nitrogen and oxygen atoms in total. The molecule has 1 fully saturated rings. The average Bonchev–Trinajstić information content (AvgIpc) is 3.02. The van der Waals surface area contributed by atoms with Crippen LogP contribution in [-0.4, -0.2) is 29.8 Å². The van der Waals surface area contributed by atoms with Crippen LogP contribution in [0, 0.1) is 0 Å². The Bertz CT molecular complexity index is 861. The SMILES string of the molecule is CN1[C@@H]2CC=C[C@@]1(OC(=O)NC1c3ccccc3-c3ccccc31)CC2. The van der Waals surface area contributed by atoms with E-state index in [0.717, 1.165) is 30.4 Å². The third-order valence-electron chi connectivity index (χ3n) is 6.13. The highest BCUT2D eigenvalue weighted by Crippen LogP contribution is 2.44. The van der Waals surface area contributed by atoms with Crippen LogP contribution in [0.1, 0.15) is 36.4 Å². The maximum Gasteiger partial charge on any atom is 0.409 e. The number of rotatable bonds is 2. The number of carbonyl (C=O) groups is 1. The summed E-state index contributed by atoms with van der Waals surface area (Å²) >= 11 is 0. The number of benzene rings is 2. The van der Waals surface area contributed by atoms with Gasteiger partial charge in [-0.05, 0) is 48.2 Å². The van der Waals surface area contributed by atoms with E-state index in [4.69, 9.17) is 4.74 Å². The summed E-state index contributed by atoms with van der Waals surface area (Å²) in [6.07, 6.45) is 6.78. The molecule has 2 aromatic carbocycles. The van der Waals surface area contributed by atoms with Crippen LogP contribution >= 0.6 is 0 Å². The Kier molecular flexibility index (Phi) is 3.44. The summed E-state index contributed by atoms with van der Waals surface area (Å²) < 4.78 is 5.96. The number of carbonyl (C=O) groups excluding carboxylic acids is 1. The van der Waals surface area contributed by atoms with E-state index in [-0.39, 0.29) is 12.1 Å². The summed E-state index contributed by atoms with van der Waals surface area (Å²) in [4.78, 5) is 15.0. The lowest BCUT2D eigenvalue weighted by Crippen LogP contribution is -2.50. The molecule has 0 spiro atoms. The van der Waals surface area contributed by atoms with E-state index in [1.165, 1.54) is 11.1 Å². The van der Waals surface area contributed by atoms with Gasteiger partial charge in [0.05, 0.1) is 6.04 Å². The van der Waals surface area contributed by atoms with Gasteiger partial charge in [-0.15, -0.1) is 0 Å². The van der Waals surface area contributed by atoms with Crippen LogP contribution in [0.15, 0.2) is 60.7 Å². The molecule has 1 N–H and O–H groups in total. The molecule has 3 aliphatic rings. The Labute approximate surface area is 153 Å². The first-order valence-corrected chi connectivity index (χ1v) is 9.26. The Balaban J connectivity index is 1.42. The van der Waals surface area contributed by atoms with Crippen molar-refractivity contribution in [1.82, 2.24) is 10.2 Å². The van der Waals surface area contributed by atoms with E-state index in [1.54, 1.807) is 0 Å². The molecule has 0 aromatic heterocycles. The normalized spacial score (nSPS) is 26.4. The lowest BCUT2D eigenvalue weighted by Gasteiger charge is -2.38. The number of hydrogen-bond acceptors (Lipinski definition) is 3. The van der Waals surface area contributed by atoms with Crippen LogP contribution in [0.3, 0.4) is 0 Å². The molecular formula is C22H22N2O2. The van der Waals surface area contributed by atoms with Gasteiger partial charge in [0.15, 0.2) is 5.72 Å². The van der Waals surface area contributed by atoms with Crippen molar-refractivity contribution in [2.45, 2.75) is 37.1 Å². The summed E-state index contributed by atoms with van der Waals surface area (Å²) in [6.45, 7) is 0. The number of likely N-dealkylation sites (N-methyl/N-ethyl adjacent to an activating group) is 1. The van der Waals surface area contributed by atoms with E-state index >= 15 is 0 Å². The second-order valence-corrected chi connectivity index (χ2v) is 7.43. The minimum atomic E-state index is -0.593. The number of ether oxygens (including phenoxy) is 1. The lowest BCUT2D eigenvalue weighted by molar-refractivity contribution is -0.0547. The van der Waals surface area contributed by atoms with Crippen LogP contribution in [-0.2, 0) is 4.74 Å². The molecule has 1 aliphatic carbocycles. The second-order valence-electron chi connectivity index (χ2n) is 7.43. The first kappa shape index (κ1) is 15.6. The van der Waals surface area contributed by atoms with Gasteiger partial charge in [0, 0.05) is 12.5 Å². The van der Waals surface area contributed by atoms with Crippen molar-refractivity contribution in [2.75, 3.05) is 7.05 Å². The summed E-state index contributed by atoms with van der Waals surface area (Å²) in [5.41, 5.74) is 4.02.